The van der Waals surface area contributed by atoms with Crippen molar-refractivity contribution in [2.45, 2.75) is 110 Å². The number of hydrogen-bond donors (Lipinski definition) is 3. The van der Waals surface area contributed by atoms with Crippen LogP contribution in [0, 0.1) is 23.7 Å². The predicted octanol–water partition coefficient (Wildman–Crippen LogP) is 4.38. The lowest BCUT2D eigenvalue weighted by Crippen LogP contribution is -2.47. The lowest BCUT2D eigenvalue weighted by molar-refractivity contribution is -0.151. The number of epoxide rings is 1. The van der Waals surface area contributed by atoms with Crippen LogP contribution in [0.4, 0.5) is 4.79 Å². The number of hydrogen-bond acceptors (Lipinski definition) is 8. The molecule has 0 aromatic rings. The van der Waals surface area contributed by atoms with Gasteiger partial charge in [0.1, 0.15) is 12.2 Å². The molecular weight excluding hydrogens is 536 g/mol. The second-order valence-corrected chi connectivity index (χ2v) is 12.6. The maximum absolute atomic E-state index is 12.9. The van der Waals surface area contributed by atoms with Crippen LogP contribution in [-0.4, -0.2) is 90.0 Å². The van der Waals surface area contributed by atoms with Crippen LogP contribution in [0.1, 0.15) is 73.6 Å². The number of carbonyl (C=O) groups excluding carboxylic acids is 2. The lowest BCUT2D eigenvalue weighted by atomic mass is 9.92. The predicted molar refractivity (Wildman–Crippen MR) is 163 cm³/mol. The van der Waals surface area contributed by atoms with Gasteiger partial charge in [-0.2, -0.15) is 0 Å². The molecule has 10 atom stereocenters. The van der Waals surface area contributed by atoms with Gasteiger partial charge < -0.3 is 34.6 Å². The molecule has 0 bridgehead atoms. The molecular formula is C33H54N2O7. The number of nitrogens with zero attached hydrogens (tertiary/aromatic N) is 1. The minimum Gasteiger partial charge on any atom is -0.457 e. The molecule has 9 nitrogen and oxygen atoms in total. The lowest BCUT2D eigenvalue weighted by Gasteiger charge is -2.31. The Morgan fingerprint density at radius 2 is 1.93 bits per heavy atom. The molecule has 2 fully saturated rings. The molecule has 238 valence electrons. The molecule has 0 unspecified atom stereocenters. The van der Waals surface area contributed by atoms with Crippen molar-refractivity contribution in [2.75, 3.05) is 26.2 Å². The number of rotatable bonds is 9. The zero-order chi connectivity index (χ0) is 30.8. The Morgan fingerprint density at radius 1 is 1.21 bits per heavy atom. The van der Waals surface area contributed by atoms with E-state index in [-0.39, 0.29) is 54.5 Å². The summed E-state index contributed by atoms with van der Waals surface area (Å²) < 4.78 is 17.7. The van der Waals surface area contributed by atoms with Crippen LogP contribution in [0.2, 0.25) is 0 Å². The first-order valence-electron chi connectivity index (χ1n) is 15.9. The Kier molecular flexibility index (Phi) is 13.5. The average Bonchev–Trinajstić information content (AvgIpc) is 3.74. The summed E-state index contributed by atoms with van der Waals surface area (Å²) in [6, 6.07) is 0. The Hall–Kier alpha value is -2.20. The Morgan fingerprint density at radius 3 is 2.62 bits per heavy atom. The summed E-state index contributed by atoms with van der Waals surface area (Å²) in [6.07, 6.45) is 10.4. The van der Waals surface area contributed by atoms with Gasteiger partial charge in [0.05, 0.1) is 30.8 Å². The topological polar surface area (TPSA) is 121 Å². The number of cyclic esters (lactones) is 1. The van der Waals surface area contributed by atoms with Crippen molar-refractivity contribution in [3.8, 4) is 0 Å². The molecule has 1 amide bonds. The van der Waals surface area contributed by atoms with Crippen LogP contribution >= 0.6 is 0 Å². The van der Waals surface area contributed by atoms with Crippen molar-refractivity contribution in [1.82, 2.24) is 10.2 Å². The molecule has 0 saturated carbocycles. The molecule has 3 aliphatic heterocycles. The fourth-order valence-corrected chi connectivity index (χ4v) is 5.82. The van der Waals surface area contributed by atoms with Gasteiger partial charge in [0.2, 0.25) is 0 Å². The number of allylic oxidation sites excluding steroid dienone is 3. The standard InChI is InChI=1S/C33H54N2O7/c1-7-27(37)25(6)32-29(40-32)19-21(2)9-8-10-23(4)31-24(5)12-14-28(41-33(39)35-17-15-34-16-18-35)22(3)11-13-26(36)20-30(38)42-31/h8-10,12,14,21-22,24-29,31-32,34,36-37H,7,11,13,15-20H2,1-6H3/b9-8+,14-12+,23-10+/t21-,22+,24+,25-,26-,27+,28+,29-,31-,32-/m1/s1. The van der Waals surface area contributed by atoms with Gasteiger partial charge in [0.15, 0.2) is 0 Å². The van der Waals surface area contributed by atoms with Gasteiger partial charge in [0, 0.05) is 38.0 Å². The van der Waals surface area contributed by atoms with Crippen molar-refractivity contribution in [1.29, 1.82) is 0 Å². The molecule has 0 aliphatic carbocycles. The van der Waals surface area contributed by atoms with Crippen LogP contribution in [-0.2, 0) is 19.0 Å². The first kappa shape index (κ1) is 34.3. The van der Waals surface area contributed by atoms with E-state index in [2.05, 4.69) is 18.3 Å². The van der Waals surface area contributed by atoms with Crippen LogP contribution in [0.25, 0.3) is 0 Å². The van der Waals surface area contributed by atoms with Gasteiger partial charge in [-0.25, -0.2) is 4.79 Å². The molecule has 9 heteroatoms. The number of carbonyl (C=O) groups is 2. The summed E-state index contributed by atoms with van der Waals surface area (Å²) in [5, 5.41) is 23.9. The van der Waals surface area contributed by atoms with Gasteiger partial charge in [0.25, 0.3) is 0 Å². The van der Waals surface area contributed by atoms with Crippen molar-refractivity contribution in [2.24, 2.45) is 23.7 Å². The van der Waals surface area contributed by atoms with Gasteiger partial charge in [-0.15, -0.1) is 0 Å². The minimum atomic E-state index is -0.816. The quantitative estimate of drug-likeness (QED) is 0.157. The van der Waals surface area contributed by atoms with Crippen molar-refractivity contribution < 1.29 is 34.0 Å². The van der Waals surface area contributed by atoms with Crippen LogP contribution in [0.3, 0.4) is 0 Å². The van der Waals surface area contributed by atoms with Crippen LogP contribution in [0.5, 0.6) is 0 Å². The van der Waals surface area contributed by atoms with E-state index in [1.165, 1.54) is 0 Å². The van der Waals surface area contributed by atoms with Gasteiger partial charge in [-0.3, -0.25) is 4.79 Å². The molecule has 3 N–H and O–H groups in total. The molecule has 0 aromatic carbocycles. The highest BCUT2D eigenvalue weighted by Gasteiger charge is 2.44. The zero-order valence-corrected chi connectivity index (χ0v) is 26.4. The van der Waals surface area contributed by atoms with E-state index < -0.39 is 24.3 Å². The first-order chi connectivity index (χ1) is 20.0. The number of nitrogens with one attached hydrogen (secondary N) is 1. The van der Waals surface area contributed by atoms with Crippen LogP contribution < -0.4 is 5.32 Å². The minimum absolute atomic E-state index is 0.0202. The Bertz CT molecular complexity index is 960. The Labute approximate surface area is 252 Å². The van der Waals surface area contributed by atoms with E-state index in [1.807, 2.05) is 58.9 Å². The molecule has 3 heterocycles. The summed E-state index contributed by atoms with van der Waals surface area (Å²) in [5.74, 6) is -0.196. The summed E-state index contributed by atoms with van der Waals surface area (Å²) in [5.41, 5.74) is 0.887. The van der Waals surface area contributed by atoms with Gasteiger partial charge >= 0.3 is 12.1 Å². The van der Waals surface area contributed by atoms with E-state index in [4.69, 9.17) is 14.2 Å². The number of ether oxygens (including phenoxy) is 3. The summed E-state index contributed by atoms with van der Waals surface area (Å²) in [7, 11) is 0. The number of aliphatic hydroxyl groups excluding tert-OH is 2. The third-order valence-corrected chi connectivity index (χ3v) is 8.89. The van der Waals surface area contributed by atoms with E-state index in [1.54, 1.807) is 4.90 Å². The normalized spacial score (nSPS) is 34.5. The molecule has 2 saturated heterocycles. The molecule has 0 spiro atoms. The zero-order valence-electron chi connectivity index (χ0n) is 26.4. The Balaban J connectivity index is 1.67. The number of piperazine rings is 1. The second-order valence-electron chi connectivity index (χ2n) is 12.6. The molecule has 3 rings (SSSR count). The van der Waals surface area contributed by atoms with E-state index in [0.29, 0.717) is 25.9 Å². The summed E-state index contributed by atoms with van der Waals surface area (Å²) in [4.78, 5) is 27.3. The van der Waals surface area contributed by atoms with Gasteiger partial charge in [-0.05, 0) is 56.1 Å². The van der Waals surface area contributed by atoms with Crippen LogP contribution in [0.15, 0.2) is 36.0 Å². The van der Waals surface area contributed by atoms with Gasteiger partial charge in [-0.1, -0.05) is 58.9 Å². The summed E-state index contributed by atoms with van der Waals surface area (Å²) in [6.45, 7) is 14.8. The molecule has 42 heavy (non-hydrogen) atoms. The maximum Gasteiger partial charge on any atom is 0.410 e. The number of esters is 1. The largest absolute Gasteiger partial charge is 0.457 e. The monoisotopic (exact) mass is 590 g/mol. The fraction of sp³-hybridized carbons (Fsp3) is 0.758. The number of aliphatic hydroxyl groups is 2. The molecule has 0 aromatic heterocycles. The SMILES string of the molecule is CC[C@H](O)[C@@H](C)[C@H]1O[C@@H]1C[C@H](C)/C=C/C=C(\C)[C@H]1OC(=O)C[C@H](O)CC[C@H](C)[C@@H](OC(=O)N2CCNCC2)/C=C/[C@@H]1C. The smallest absolute Gasteiger partial charge is 0.410 e. The van der Waals surface area contributed by atoms with Crippen molar-refractivity contribution in [3.63, 3.8) is 0 Å². The molecule has 3 aliphatic rings. The van der Waals surface area contributed by atoms with Crippen molar-refractivity contribution >= 4 is 12.1 Å². The fourth-order valence-electron chi connectivity index (χ4n) is 5.82. The number of amides is 1. The third-order valence-electron chi connectivity index (χ3n) is 8.89. The third kappa shape index (κ3) is 10.5. The molecule has 0 radical (unpaired) electrons. The highest BCUT2D eigenvalue weighted by atomic mass is 16.6. The highest BCUT2D eigenvalue weighted by Crippen LogP contribution is 2.36. The summed E-state index contributed by atoms with van der Waals surface area (Å²) >= 11 is 0. The second kappa shape index (κ2) is 16.6. The van der Waals surface area contributed by atoms with E-state index in [9.17, 15) is 19.8 Å². The maximum atomic E-state index is 12.9. The average molecular weight is 591 g/mol. The van der Waals surface area contributed by atoms with Crippen molar-refractivity contribution in [3.05, 3.63) is 36.0 Å². The van der Waals surface area contributed by atoms with E-state index in [0.717, 1.165) is 31.5 Å². The highest BCUT2D eigenvalue weighted by molar-refractivity contribution is 5.70. The van der Waals surface area contributed by atoms with E-state index >= 15 is 0 Å². The first-order valence-corrected chi connectivity index (χ1v) is 15.9.